The van der Waals surface area contributed by atoms with E-state index in [1.54, 1.807) is 0 Å². The predicted octanol–water partition coefficient (Wildman–Crippen LogP) is 1.58. The second-order valence-electron chi connectivity index (χ2n) is 4.30. The lowest BCUT2D eigenvalue weighted by molar-refractivity contribution is -0.174. The van der Waals surface area contributed by atoms with Crippen molar-refractivity contribution in [1.82, 2.24) is 5.32 Å². The molecule has 0 aromatic rings. The van der Waals surface area contributed by atoms with Crippen molar-refractivity contribution >= 4 is 11.7 Å². The van der Waals surface area contributed by atoms with Crippen molar-refractivity contribution in [2.45, 2.75) is 44.3 Å². The molecule has 0 bridgehead atoms. The summed E-state index contributed by atoms with van der Waals surface area (Å²) in [6.45, 7) is -1.59. The maximum absolute atomic E-state index is 11.7. The van der Waals surface area contributed by atoms with Gasteiger partial charge < -0.3 is 10.1 Å². The van der Waals surface area contributed by atoms with Gasteiger partial charge in [0.2, 0.25) is 5.91 Å². The second kappa shape index (κ2) is 6.72. The third-order valence-electron chi connectivity index (χ3n) is 2.65. The Kier molecular flexibility index (Phi) is 5.58. The minimum absolute atomic E-state index is 0.0437. The minimum atomic E-state index is -4.36. The highest BCUT2D eigenvalue weighted by Crippen LogP contribution is 2.15. The normalized spacial score (nSPS) is 17.8. The standard InChI is InChI=1S/C11H16F3NO3/c12-11(13,14)7-18-6-5-10(17)15-8-1-3-9(16)4-2-8/h8H,1-7H2,(H,15,17). The lowest BCUT2D eigenvalue weighted by atomic mass is 9.94. The zero-order valence-electron chi connectivity index (χ0n) is 9.89. The quantitative estimate of drug-likeness (QED) is 0.769. The van der Waals surface area contributed by atoms with Crippen LogP contribution in [0.2, 0.25) is 0 Å². The Hall–Kier alpha value is -1.11. The van der Waals surface area contributed by atoms with Crippen LogP contribution < -0.4 is 5.32 Å². The predicted molar refractivity (Wildman–Crippen MR) is 56.9 cm³/mol. The van der Waals surface area contributed by atoms with E-state index in [0.29, 0.717) is 25.7 Å². The van der Waals surface area contributed by atoms with E-state index in [-0.39, 0.29) is 30.8 Å². The van der Waals surface area contributed by atoms with Crippen LogP contribution >= 0.6 is 0 Å². The summed E-state index contributed by atoms with van der Waals surface area (Å²) in [7, 11) is 0. The summed E-state index contributed by atoms with van der Waals surface area (Å²) in [6.07, 6.45) is -2.34. The Balaban J connectivity index is 2.09. The van der Waals surface area contributed by atoms with E-state index in [1.807, 2.05) is 0 Å². The number of ether oxygens (including phenoxy) is 1. The summed E-state index contributed by atoms with van der Waals surface area (Å²) in [5, 5.41) is 2.68. The molecule has 18 heavy (non-hydrogen) atoms. The van der Waals surface area contributed by atoms with Gasteiger partial charge in [-0.2, -0.15) is 13.2 Å². The molecule has 0 atom stereocenters. The van der Waals surface area contributed by atoms with E-state index in [0.717, 1.165) is 0 Å². The first-order chi connectivity index (χ1) is 8.37. The smallest absolute Gasteiger partial charge is 0.372 e. The summed E-state index contributed by atoms with van der Waals surface area (Å²) in [5.41, 5.74) is 0. The van der Waals surface area contributed by atoms with Crippen LogP contribution in [-0.4, -0.2) is 37.1 Å². The first-order valence-electron chi connectivity index (χ1n) is 5.82. The number of rotatable bonds is 5. The fourth-order valence-corrected chi connectivity index (χ4v) is 1.74. The Labute approximate surface area is 103 Å². The number of carbonyl (C=O) groups is 2. The van der Waals surface area contributed by atoms with E-state index in [4.69, 9.17) is 0 Å². The lowest BCUT2D eigenvalue weighted by Gasteiger charge is -2.22. The van der Waals surface area contributed by atoms with Gasteiger partial charge in [0.05, 0.1) is 6.61 Å². The van der Waals surface area contributed by atoms with Crippen LogP contribution in [0.3, 0.4) is 0 Å². The van der Waals surface area contributed by atoms with Gasteiger partial charge in [-0.25, -0.2) is 0 Å². The number of alkyl halides is 3. The van der Waals surface area contributed by atoms with E-state index >= 15 is 0 Å². The highest BCUT2D eigenvalue weighted by Gasteiger charge is 2.27. The number of ketones is 1. The summed E-state index contributed by atoms with van der Waals surface area (Å²) >= 11 is 0. The number of hydrogen-bond acceptors (Lipinski definition) is 3. The molecule has 1 N–H and O–H groups in total. The van der Waals surface area contributed by atoms with Gasteiger partial charge >= 0.3 is 6.18 Å². The number of nitrogens with one attached hydrogen (secondary N) is 1. The molecule has 0 spiro atoms. The molecule has 0 aliphatic heterocycles. The summed E-state index contributed by atoms with van der Waals surface area (Å²) in [5.74, 6) is -0.148. The second-order valence-corrected chi connectivity index (χ2v) is 4.30. The topological polar surface area (TPSA) is 55.4 Å². The molecule has 1 saturated carbocycles. The summed E-state index contributed by atoms with van der Waals surface area (Å²) in [6, 6.07) is -0.0437. The number of amides is 1. The fourth-order valence-electron chi connectivity index (χ4n) is 1.74. The van der Waals surface area contributed by atoms with E-state index in [2.05, 4.69) is 10.1 Å². The molecule has 104 valence electrons. The minimum Gasteiger partial charge on any atom is -0.372 e. The van der Waals surface area contributed by atoms with Crippen LogP contribution in [0.1, 0.15) is 32.1 Å². The van der Waals surface area contributed by atoms with Crippen LogP contribution in [0.25, 0.3) is 0 Å². The van der Waals surface area contributed by atoms with E-state index in [1.165, 1.54) is 0 Å². The van der Waals surface area contributed by atoms with Crippen molar-refractivity contribution in [2.75, 3.05) is 13.2 Å². The van der Waals surface area contributed by atoms with Gasteiger partial charge in [0.1, 0.15) is 12.4 Å². The SMILES string of the molecule is O=C1CCC(NC(=O)CCOCC(F)(F)F)CC1. The molecule has 0 heterocycles. The molecule has 1 amide bonds. The molecule has 0 unspecified atom stereocenters. The van der Waals surface area contributed by atoms with Crippen molar-refractivity contribution in [3.05, 3.63) is 0 Å². The van der Waals surface area contributed by atoms with Crippen molar-refractivity contribution in [2.24, 2.45) is 0 Å². The lowest BCUT2D eigenvalue weighted by Crippen LogP contribution is -2.38. The Morgan fingerprint density at radius 3 is 2.50 bits per heavy atom. The molecular weight excluding hydrogens is 251 g/mol. The molecule has 0 aromatic heterocycles. The Bertz CT molecular complexity index is 294. The largest absolute Gasteiger partial charge is 0.411 e. The average Bonchev–Trinajstić information content (AvgIpc) is 2.26. The molecule has 0 saturated heterocycles. The number of Topliss-reactive ketones (excluding diaryl/α,β-unsaturated/α-hetero) is 1. The molecular formula is C11H16F3NO3. The first-order valence-corrected chi connectivity index (χ1v) is 5.82. The van der Waals surface area contributed by atoms with Crippen LogP contribution in [0.5, 0.6) is 0 Å². The molecule has 0 aromatic carbocycles. The highest BCUT2D eigenvalue weighted by molar-refractivity contribution is 5.80. The summed E-state index contributed by atoms with van der Waals surface area (Å²) in [4.78, 5) is 22.3. The van der Waals surface area contributed by atoms with Crippen molar-refractivity contribution in [1.29, 1.82) is 0 Å². The monoisotopic (exact) mass is 267 g/mol. The van der Waals surface area contributed by atoms with Crippen molar-refractivity contribution < 1.29 is 27.5 Å². The zero-order chi connectivity index (χ0) is 13.6. The molecule has 0 radical (unpaired) electrons. The molecule has 7 heteroatoms. The van der Waals surface area contributed by atoms with E-state index < -0.39 is 12.8 Å². The van der Waals surface area contributed by atoms with Gasteiger partial charge in [0.15, 0.2) is 0 Å². The van der Waals surface area contributed by atoms with Gasteiger partial charge in [0.25, 0.3) is 0 Å². The van der Waals surface area contributed by atoms with Crippen LogP contribution in [0.4, 0.5) is 13.2 Å². The van der Waals surface area contributed by atoms with Crippen LogP contribution in [0, 0.1) is 0 Å². The Morgan fingerprint density at radius 2 is 1.94 bits per heavy atom. The third-order valence-corrected chi connectivity index (χ3v) is 2.65. The maximum atomic E-state index is 11.7. The van der Waals surface area contributed by atoms with Gasteiger partial charge in [-0.3, -0.25) is 9.59 Å². The third kappa shape index (κ3) is 6.58. The van der Waals surface area contributed by atoms with Gasteiger partial charge in [-0.05, 0) is 12.8 Å². The number of halogens is 3. The van der Waals surface area contributed by atoms with Crippen molar-refractivity contribution in [3.63, 3.8) is 0 Å². The highest BCUT2D eigenvalue weighted by atomic mass is 19.4. The average molecular weight is 267 g/mol. The molecule has 4 nitrogen and oxygen atoms in total. The number of carbonyl (C=O) groups excluding carboxylic acids is 2. The Morgan fingerprint density at radius 1 is 1.33 bits per heavy atom. The van der Waals surface area contributed by atoms with E-state index in [9.17, 15) is 22.8 Å². The van der Waals surface area contributed by atoms with Crippen LogP contribution in [-0.2, 0) is 14.3 Å². The summed E-state index contributed by atoms with van der Waals surface area (Å²) < 4.78 is 39.5. The van der Waals surface area contributed by atoms with Crippen LogP contribution in [0.15, 0.2) is 0 Å². The van der Waals surface area contributed by atoms with Gasteiger partial charge in [-0.15, -0.1) is 0 Å². The van der Waals surface area contributed by atoms with Crippen molar-refractivity contribution in [3.8, 4) is 0 Å². The first kappa shape index (κ1) is 14.9. The molecule has 1 aliphatic rings. The fraction of sp³-hybridized carbons (Fsp3) is 0.818. The van der Waals surface area contributed by atoms with Gasteiger partial charge in [-0.1, -0.05) is 0 Å². The molecule has 1 aliphatic carbocycles. The molecule has 1 rings (SSSR count). The maximum Gasteiger partial charge on any atom is 0.411 e. The molecule has 1 fully saturated rings. The van der Waals surface area contributed by atoms with Gasteiger partial charge in [0, 0.05) is 25.3 Å². The zero-order valence-corrected chi connectivity index (χ0v) is 9.89. The number of hydrogen-bond donors (Lipinski definition) is 1.